The number of hydrogen-bond donors (Lipinski definition) is 1. The normalized spacial score (nSPS) is 9.78. The molecule has 0 spiro atoms. The Bertz CT molecular complexity index is 692. The molecule has 6 nitrogen and oxygen atoms in total. The van der Waals surface area contributed by atoms with E-state index in [9.17, 15) is 14.4 Å². The molecule has 0 saturated heterocycles. The number of anilines is 1. The molecule has 1 amide bonds. The second-order valence-corrected chi connectivity index (χ2v) is 4.59. The fraction of sp³-hybridized carbons (Fsp3) is 0.118. The van der Waals surface area contributed by atoms with Gasteiger partial charge in [-0.15, -0.1) is 0 Å². The van der Waals surface area contributed by atoms with E-state index < -0.39 is 18.5 Å². The number of rotatable bonds is 6. The molecule has 2 aromatic carbocycles. The van der Waals surface area contributed by atoms with E-state index in [4.69, 9.17) is 9.47 Å². The van der Waals surface area contributed by atoms with Gasteiger partial charge >= 0.3 is 5.97 Å². The highest BCUT2D eigenvalue weighted by Crippen LogP contribution is 2.14. The topological polar surface area (TPSA) is 81.7 Å². The molecule has 0 radical (unpaired) electrons. The first-order valence-corrected chi connectivity index (χ1v) is 6.78. The van der Waals surface area contributed by atoms with Crippen molar-refractivity contribution in [1.29, 1.82) is 0 Å². The van der Waals surface area contributed by atoms with Crippen molar-refractivity contribution in [3.8, 4) is 5.75 Å². The lowest BCUT2D eigenvalue weighted by molar-refractivity contribution is -0.119. The van der Waals surface area contributed by atoms with Crippen molar-refractivity contribution in [2.24, 2.45) is 0 Å². The summed E-state index contributed by atoms with van der Waals surface area (Å²) in [6.07, 6.45) is 0.678. The molecule has 0 bridgehead atoms. The maximum atomic E-state index is 11.8. The summed E-state index contributed by atoms with van der Waals surface area (Å²) < 4.78 is 9.93. The minimum atomic E-state index is -0.632. The summed E-state index contributed by atoms with van der Waals surface area (Å²) in [5.74, 6) is -0.409. The zero-order valence-electron chi connectivity index (χ0n) is 12.4. The second kappa shape index (κ2) is 7.74. The second-order valence-electron chi connectivity index (χ2n) is 4.59. The van der Waals surface area contributed by atoms with Gasteiger partial charge in [0.2, 0.25) is 0 Å². The molecule has 2 rings (SSSR count). The van der Waals surface area contributed by atoms with E-state index in [-0.39, 0.29) is 5.56 Å². The van der Waals surface area contributed by atoms with Gasteiger partial charge < -0.3 is 14.8 Å². The Balaban J connectivity index is 1.85. The van der Waals surface area contributed by atoms with Crippen LogP contribution in [0.2, 0.25) is 0 Å². The van der Waals surface area contributed by atoms with Gasteiger partial charge in [-0.25, -0.2) is 4.79 Å². The van der Waals surface area contributed by atoms with Crippen molar-refractivity contribution in [3.05, 3.63) is 59.7 Å². The van der Waals surface area contributed by atoms with Gasteiger partial charge in [0.25, 0.3) is 5.91 Å². The maximum Gasteiger partial charge on any atom is 0.338 e. The minimum absolute atomic E-state index is 0.271. The lowest BCUT2D eigenvalue weighted by Gasteiger charge is -2.07. The van der Waals surface area contributed by atoms with Crippen LogP contribution < -0.4 is 10.1 Å². The third-order valence-electron chi connectivity index (χ3n) is 2.99. The van der Waals surface area contributed by atoms with E-state index in [2.05, 4.69) is 5.32 Å². The van der Waals surface area contributed by atoms with E-state index in [1.54, 1.807) is 31.4 Å². The number of nitrogens with one attached hydrogen (secondary N) is 1. The zero-order valence-corrected chi connectivity index (χ0v) is 12.4. The third-order valence-corrected chi connectivity index (χ3v) is 2.99. The average molecular weight is 313 g/mol. The molecule has 1 N–H and O–H groups in total. The van der Waals surface area contributed by atoms with Crippen LogP contribution in [0.3, 0.4) is 0 Å². The predicted molar refractivity (Wildman–Crippen MR) is 83.7 cm³/mol. The molecule has 0 aliphatic carbocycles. The number of aldehydes is 1. The van der Waals surface area contributed by atoms with Crippen molar-refractivity contribution in [3.63, 3.8) is 0 Å². The van der Waals surface area contributed by atoms with E-state index in [0.29, 0.717) is 23.3 Å². The van der Waals surface area contributed by atoms with Gasteiger partial charge in [0, 0.05) is 11.3 Å². The van der Waals surface area contributed by atoms with Gasteiger partial charge in [-0.2, -0.15) is 0 Å². The Morgan fingerprint density at radius 1 is 1.04 bits per heavy atom. The molecule has 0 aliphatic heterocycles. The molecule has 0 heterocycles. The van der Waals surface area contributed by atoms with Crippen molar-refractivity contribution in [1.82, 2.24) is 0 Å². The Kier molecular flexibility index (Phi) is 5.46. The molecule has 2 aromatic rings. The molecular weight excluding hydrogens is 298 g/mol. The number of esters is 1. The summed E-state index contributed by atoms with van der Waals surface area (Å²) in [5, 5.41) is 2.60. The van der Waals surface area contributed by atoms with Gasteiger partial charge in [-0.05, 0) is 36.4 Å². The van der Waals surface area contributed by atoms with Crippen LogP contribution in [0.25, 0.3) is 0 Å². The van der Waals surface area contributed by atoms with Gasteiger partial charge in [0.05, 0.1) is 12.7 Å². The zero-order chi connectivity index (χ0) is 16.7. The Morgan fingerprint density at radius 3 is 2.26 bits per heavy atom. The van der Waals surface area contributed by atoms with Crippen LogP contribution in [0, 0.1) is 0 Å². The molecule has 23 heavy (non-hydrogen) atoms. The van der Waals surface area contributed by atoms with Crippen LogP contribution in [0.5, 0.6) is 5.75 Å². The highest BCUT2D eigenvalue weighted by atomic mass is 16.5. The summed E-state index contributed by atoms with van der Waals surface area (Å²) in [4.78, 5) is 34.1. The number of amides is 1. The highest BCUT2D eigenvalue weighted by Gasteiger charge is 2.10. The highest BCUT2D eigenvalue weighted by molar-refractivity contribution is 5.95. The number of benzene rings is 2. The smallest absolute Gasteiger partial charge is 0.338 e. The molecule has 118 valence electrons. The van der Waals surface area contributed by atoms with Gasteiger partial charge in [-0.3, -0.25) is 9.59 Å². The maximum absolute atomic E-state index is 11.8. The Morgan fingerprint density at radius 2 is 1.70 bits per heavy atom. The average Bonchev–Trinajstić information content (AvgIpc) is 2.60. The molecule has 0 aromatic heterocycles. The van der Waals surface area contributed by atoms with Gasteiger partial charge in [0.15, 0.2) is 6.61 Å². The summed E-state index contributed by atoms with van der Waals surface area (Å²) in [6.45, 7) is -0.402. The van der Waals surface area contributed by atoms with E-state index in [1.165, 1.54) is 24.3 Å². The molecule has 6 heteroatoms. The summed E-state index contributed by atoms with van der Waals surface area (Å²) in [7, 11) is 1.55. The van der Waals surface area contributed by atoms with E-state index >= 15 is 0 Å². The first kappa shape index (κ1) is 16.2. The van der Waals surface area contributed by atoms with Crippen molar-refractivity contribution >= 4 is 23.9 Å². The minimum Gasteiger partial charge on any atom is -0.497 e. The number of methoxy groups -OCH3 is 1. The molecule has 0 aliphatic rings. The molecule has 0 saturated carbocycles. The lowest BCUT2D eigenvalue weighted by Crippen LogP contribution is -2.20. The van der Waals surface area contributed by atoms with Crippen molar-refractivity contribution in [2.45, 2.75) is 0 Å². The number of hydrogen-bond acceptors (Lipinski definition) is 5. The van der Waals surface area contributed by atoms with E-state index in [1.807, 2.05) is 0 Å². The molecule has 0 unspecified atom stereocenters. The Labute approximate surface area is 133 Å². The third kappa shape index (κ3) is 4.67. The largest absolute Gasteiger partial charge is 0.497 e. The molecular formula is C17H15NO5. The summed E-state index contributed by atoms with van der Waals surface area (Å²) in [6, 6.07) is 12.7. The monoisotopic (exact) mass is 313 g/mol. The number of carbonyl (C=O) groups excluding carboxylic acids is 3. The first-order valence-electron chi connectivity index (χ1n) is 6.78. The van der Waals surface area contributed by atoms with Gasteiger partial charge in [-0.1, -0.05) is 12.1 Å². The Hall–Kier alpha value is -3.15. The van der Waals surface area contributed by atoms with Gasteiger partial charge in [0.1, 0.15) is 12.0 Å². The van der Waals surface area contributed by atoms with Crippen LogP contribution in [0.1, 0.15) is 20.7 Å². The van der Waals surface area contributed by atoms with E-state index in [0.717, 1.165) is 0 Å². The summed E-state index contributed by atoms with van der Waals surface area (Å²) >= 11 is 0. The quantitative estimate of drug-likeness (QED) is 0.653. The van der Waals surface area contributed by atoms with Crippen LogP contribution in [-0.2, 0) is 9.53 Å². The fourth-order valence-electron chi connectivity index (χ4n) is 1.78. The standard InChI is InChI=1S/C17H15NO5/c1-22-15-8-6-14(7-9-15)18-16(20)11-23-17(21)13-4-2-12(10-19)3-5-13/h2-10H,11H2,1H3,(H,18,20). The predicted octanol–water partition coefficient (Wildman–Crippen LogP) is 2.30. The molecule has 0 fully saturated rings. The number of carbonyl (C=O) groups is 3. The number of ether oxygens (including phenoxy) is 2. The van der Waals surface area contributed by atoms with Crippen molar-refractivity contribution < 1.29 is 23.9 Å². The van der Waals surface area contributed by atoms with Crippen LogP contribution >= 0.6 is 0 Å². The van der Waals surface area contributed by atoms with Crippen LogP contribution in [0.4, 0.5) is 5.69 Å². The van der Waals surface area contributed by atoms with Crippen molar-refractivity contribution in [2.75, 3.05) is 19.0 Å². The SMILES string of the molecule is COc1ccc(NC(=O)COC(=O)c2ccc(C=O)cc2)cc1. The fourth-order valence-corrected chi connectivity index (χ4v) is 1.78. The van der Waals surface area contributed by atoms with Crippen LogP contribution in [-0.4, -0.2) is 31.9 Å². The summed E-state index contributed by atoms with van der Waals surface area (Å²) in [5.41, 5.74) is 1.30. The van der Waals surface area contributed by atoms with Crippen LogP contribution in [0.15, 0.2) is 48.5 Å². The first-order chi connectivity index (χ1) is 11.1. The molecule has 0 atom stereocenters. The lowest BCUT2D eigenvalue weighted by atomic mass is 10.1.